The maximum Gasteiger partial charge on any atom is 0.247 e. The molecule has 164 valence electrons. The van der Waals surface area contributed by atoms with Crippen LogP contribution in [0.3, 0.4) is 0 Å². The number of hydrogen-bond acceptors (Lipinski definition) is 2. The molecule has 1 aromatic heterocycles. The van der Waals surface area contributed by atoms with E-state index in [2.05, 4.69) is 6.58 Å². The van der Waals surface area contributed by atoms with Crippen LogP contribution in [0.4, 0.5) is 0 Å². The Morgan fingerprint density at radius 2 is 1.59 bits per heavy atom. The third-order valence-corrected chi connectivity index (χ3v) is 5.18. The van der Waals surface area contributed by atoms with Gasteiger partial charge in [-0.25, -0.2) is 0 Å². The van der Waals surface area contributed by atoms with E-state index in [0.717, 1.165) is 16.8 Å². The molecule has 0 saturated heterocycles. The van der Waals surface area contributed by atoms with E-state index in [-0.39, 0.29) is 18.4 Å². The molecule has 0 fully saturated rings. The quantitative estimate of drug-likeness (QED) is 0.358. The topological polar surface area (TPSA) is 45.6 Å². The second-order valence-corrected chi connectivity index (χ2v) is 7.60. The molecule has 0 radical (unpaired) electrons. The van der Waals surface area contributed by atoms with Crippen LogP contribution in [0.15, 0.2) is 97.7 Å². The molecule has 0 unspecified atom stereocenters. The molecule has 0 bridgehead atoms. The van der Waals surface area contributed by atoms with Crippen LogP contribution in [0.1, 0.15) is 16.8 Å². The van der Waals surface area contributed by atoms with E-state index in [1.807, 2.05) is 90.6 Å². The number of hydrogen-bond donors (Lipinski definition) is 0. The molecule has 0 atom stereocenters. The zero-order valence-corrected chi connectivity index (χ0v) is 18.4. The lowest BCUT2D eigenvalue weighted by atomic mass is 10.2. The highest BCUT2D eigenvalue weighted by Crippen LogP contribution is 2.12. The van der Waals surface area contributed by atoms with Crippen molar-refractivity contribution >= 4 is 17.9 Å². The summed E-state index contributed by atoms with van der Waals surface area (Å²) in [5.41, 5.74) is 3.00. The van der Waals surface area contributed by atoms with E-state index in [0.29, 0.717) is 19.6 Å². The van der Waals surface area contributed by atoms with Crippen LogP contribution in [0, 0.1) is 0 Å². The lowest BCUT2D eigenvalue weighted by Gasteiger charge is -2.27. The van der Waals surface area contributed by atoms with Gasteiger partial charge in [-0.1, -0.05) is 66.7 Å². The van der Waals surface area contributed by atoms with Crippen molar-refractivity contribution in [3.8, 4) is 0 Å². The van der Waals surface area contributed by atoms with Crippen LogP contribution in [0.2, 0.25) is 0 Å². The molecular formula is C27H29N3O2. The predicted molar refractivity (Wildman–Crippen MR) is 128 cm³/mol. The first-order chi connectivity index (χ1) is 15.6. The zero-order valence-electron chi connectivity index (χ0n) is 18.4. The van der Waals surface area contributed by atoms with E-state index in [1.165, 1.54) is 11.0 Å². The summed E-state index contributed by atoms with van der Waals surface area (Å²) in [5.74, 6) is -0.334. The molecule has 3 aromatic rings. The molecule has 5 heteroatoms. The maximum atomic E-state index is 13.3. The molecule has 1 heterocycles. The van der Waals surface area contributed by atoms with Gasteiger partial charge in [-0.2, -0.15) is 0 Å². The SMILES string of the molecule is C=CCN(CC(=O)N(Cc1ccccc1)Cc1cccn1C)C(=O)C=Cc1ccccc1. The monoisotopic (exact) mass is 427 g/mol. The number of benzene rings is 2. The largest absolute Gasteiger partial charge is 0.353 e. The van der Waals surface area contributed by atoms with Crippen molar-refractivity contribution in [3.05, 3.63) is 115 Å². The number of aromatic nitrogens is 1. The molecule has 5 nitrogen and oxygen atoms in total. The fourth-order valence-corrected chi connectivity index (χ4v) is 3.38. The first-order valence-electron chi connectivity index (χ1n) is 10.6. The molecule has 2 amide bonds. The van der Waals surface area contributed by atoms with Gasteiger partial charge in [0, 0.05) is 38.1 Å². The minimum Gasteiger partial charge on any atom is -0.353 e. The molecule has 0 spiro atoms. The summed E-state index contributed by atoms with van der Waals surface area (Å²) in [5, 5.41) is 0. The van der Waals surface area contributed by atoms with Crippen molar-refractivity contribution in [2.75, 3.05) is 13.1 Å². The van der Waals surface area contributed by atoms with Gasteiger partial charge in [0.05, 0.1) is 6.54 Å². The average molecular weight is 428 g/mol. The molecule has 3 rings (SSSR count). The van der Waals surface area contributed by atoms with Crippen LogP contribution in [0.25, 0.3) is 6.08 Å². The van der Waals surface area contributed by atoms with E-state index < -0.39 is 0 Å². The van der Waals surface area contributed by atoms with Crippen LogP contribution >= 0.6 is 0 Å². The lowest BCUT2D eigenvalue weighted by molar-refractivity contribution is -0.138. The van der Waals surface area contributed by atoms with Crippen molar-refractivity contribution in [1.29, 1.82) is 0 Å². The van der Waals surface area contributed by atoms with Crippen LogP contribution < -0.4 is 0 Å². The normalized spacial score (nSPS) is 10.8. The van der Waals surface area contributed by atoms with E-state index in [1.54, 1.807) is 17.1 Å². The Morgan fingerprint density at radius 1 is 0.906 bits per heavy atom. The number of nitrogens with zero attached hydrogens (tertiary/aromatic N) is 3. The number of aryl methyl sites for hydroxylation is 1. The number of amides is 2. The van der Waals surface area contributed by atoms with Gasteiger partial charge in [0.15, 0.2) is 0 Å². The highest BCUT2D eigenvalue weighted by Gasteiger charge is 2.20. The molecule has 2 aromatic carbocycles. The average Bonchev–Trinajstić information content (AvgIpc) is 3.22. The van der Waals surface area contributed by atoms with Crippen molar-refractivity contribution in [2.45, 2.75) is 13.1 Å². The van der Waals surface area contributed by atoms with Crippen molar-refractivity contribution in [1.82, 2.24) is 14.4 Å². The van der Waals surface area contributed by atoms with Gasteiger partial charge in [0.2, 0.25) is 11.8 Å². The minimum absolute atomic E-state index is 0.0127. The Balaban J connectivity index is 1.75. The van der Waals surface area contributed by atoms with Crippen LogP contribution in [0.5, 0.6) is 0 Å². The minimum atomic E-state index is -0.222. The van der Waals surface area contributed by atoms with Gasteiger partial charge in [-0.3, -0.25) is 9.59 Å². The third-order valence-electron chi connectivity index (χ3n) is 5.18. The predicted octanol–water partition coefficient (Wildman–Crippen LogP) is 4.28. The standard InChI is InChI=1S/C27H29N3O2/c1-3-18-29(26(31)17-16-23-11-6-4-7-12-23)22-27(32)30(20-24-13-8-5-9-14-24)21-25-15-10-19-28(25)2/h3-17,19H,1,18,20-22H2,2H3. The van der Waals surface area contributed by atoms with E-state index in [4.69, 9.17) is 0 Å². The Labute approximate surface area is 189 Å². The smallest absolute Gasteiger partial charge is 0.247 e. The van der Waals surface area contributed by atoms with Crippen molar-refractivity contribution in [3.63, 3.8) is 0 Å². The summed E-state index contributed by atoms with van der Waals surface area (Å²) in [7, 11) is 1.96. The summed E-state index contributed by atoms with van der Waals surface area (Å²) in [4.78, 5) is 29.4. The molecule has 0 N–H and O–H groups in total. The maximum absolute atomic E-state index is 13.3. The fraction of sp³-hybridized carbons (Fsp3) is 0.185. The Hall–Kier alpha value is -3.86. The molecule has 0 aliphatic carbocycles. The highest BCUT2D eigenvalue weighted by molar-refractivity contribution is 5.94. The summed E-state index contributed by atoms with van der Waals surface area (Å²) >= 11 is 0. The van der Waals surface area contributed by atoms with Gasteiger partial charge >= 0.3 is 0 Å². The van der Waals surface area contributed by atoms with Crippen molar-refractivity contribution < 1.29 is 9.59 Å². The molecule has 0 aliphatic heterocycles. The second kappa shape index (κ2) is 11.5. The Kier molecular flexibility index (Phi) is 8.21. The van der Waals surface area contributed by atoms with Gasteiger partial charge < -0.3 is 14.4 Å². The molecule has 0 aliphatic rings. The van der Waals surface area contributed by atoms with Gasteiger partial charge in [0.25, 0.3) is 0 Å². The second-order valence-electron chi connectivity index (χ2n) is 7.60. The zero-order chi connectivity index (χ0) is 22.8. The summed E-state index contributed by atoms with van der Waals surface area (Å²) in [6.45, 7) is 4.97. The Morgan fingerprint density at radius 3 is 2.22 bits per heavy atom. The first-order valence-corrected chi connectivity index (χ1v) is 10.6. The molecule has 32 heavy (non-hydrogen) atoms. The molecular weight excluding hydrogens is 398 g/mol. The van der Waals surface area contributed by atoms with Gasteiger partial charge in [-0.05, 0) is 29.3 Å². The van der Waals surface area contributed by atoms with Gasteiger partial charge in [0.1, 0.15) is 6.54 Å². The summed E-state index contributed by atoms with van der Waals surface area (Å²) in [6, 6.07) is 23.4. The van der Waals surface area contributed by atoms with E-state index in [9.17, 15) is 9.59 Å². The highest BCUT2D eigenvalue weighted by atomic mass is 16.2. The lowest BCUT2D eigenvalue weighted by Crippen LogP contribution is -2.42. The van der Waals surface area contributed by atoms with Crippen molar-refractivity contribution in [2.24, 2.45) is 7.05 Å². The third kappa shape index (κ3) is 6.57. The Bertz CT molecular complexity index is 1050. The number of carbonyl (C=O) groups is 2. The first kappa shape index (κ1) is 22.8. The molecule has 0 saturated carbocycles. The fourth-order valence-electron chi connectivity index (χ4n) is 3.38. The summed E-state index contributed by atoms with van der Waals surface area (Å²) in [6.07, 6.45) is 6.86. The number of carbonyl (C=O) groups excluding carboxylic acids is 2. The number of rotatable bonds is 10. The van der Waals surface area contributed by atoms with Crippen LogP contribution in [-0.4, -0.2) is 39.3 Å². The van der Waals surface area contributed by atoms with Gasteiger partial charge in [-0.15, -0.1) is 6.58 Å². The van der Waals surface area contributed by atoms with Crippen LogP contribution in [-0.2, 0) is 29.7 Å². The summed E-state index contributed by atoms with van der Waals surface area (Å²) < 4.78 is 2.00. The van der Waals surface area contributed by atoms with E-state index >= 15 is 0 Å².